The molecule has 0 spiro atoms. The number of thiophene rings is 2. The van der Waals surface area contributed by atoms with Crippen LogP contribution >= 0.6 is 22.7 Å². The summed E-state index contributed by atoms with van der Waals surface area (Å²) in [6, 6.07) is 10.2. The number of fused-ring (bicyclic) bond motifs is 1. The Labute approximate surface area is 129 Å². The third-order valence-electron chi connectivity index (χ3n) is 3.22. The highest BCUT2D eigenvalue weighted by Gasteiger charge is 2.20. The molecule has 0 aliphatic carbocycles. The van der Waals surface area contributed by atoms with Crippen LogP contribution in [-0.2, 0) is 9.47 Å². The maximum atomic E-state index is 8.93. The molecule has 0 atom stereocenters. The molecule has 0 unspecified atom stereocenters. The van der Waals surface area contributed by atoms with E-state index in [1.165, 1.54) is 4.88 Å². The monoisotopic (exact) mass is 314 g/mol. The smallest absolute Gasteiger partial charge is 0.193 e. The van der Waals surface area contributed by atoms with Crippen LogP contribution in [0.2, 0.25) is 0 Å². The minimum atomic E-state index is -0.221. The summed E-state index contributed by atoms with van der Waals surface area (Å²) in [6.07, 6.45) is 1.39. The fourth-order valence-corrected chi connectivity index (χ4v) is 4.38. The summed E-state index contributed by atoms with van der Waals surface area (Å²) in [5.74, 6) is 0. The standard InChI is InChI=1S/C15H10N2O2S2/c16-7-9-5-13-10(17-8-9)6-14(21-13)11-1-2-12(20-11)15-18-3-4-19-15/h1-2,5-6,8,15H,3-4H2. The second-order valence-corrected chi connectivity index (χ2v) is 6.80. The molecule has 0 amide bonds. The van der Waals surface area contributed by atoms with E-state index in [0.29, 0.717) is 18.8 Å². The Hall–Kier alpha value is -1.78. The van der Waals surface area contributed by atoms with Crippen molar-refractivity contribution in [3.63, 3.8) is 0 Å². The molecule has 3 aromatic heterocycles. The second-order valence-electron chi connectivity index (χ2n) is 4.61. The van der Waals surface area contributed by atoms with Gasteiger partial charge >= 0.3 is 0 Å². The highest BCUT2D eigenvalue weighted by atomic mass is 32.1. The minimum absolute atomic E-state index is 0.221. The van der Waals surface area contributed by atoms with Gasteiger partial charge in [0, 0.05) is 16.0 Å². The molecule has 0 bridgehead atoms. The van der Waals surface area contributed by atoms with Crippen molar-refractivity contribution >= 4 is 32.9 Å². The molecule has 0 radical (unpaired) electrons. The van der Waals surface area contributed by atoms with E-state index in [2.05, 4.69) is 29.3 Å². The SMILES string of the molecule is N#Cc1cnc2cc(-c3ccc(C4OCCO4)s3)sc2c1. The molecule has 0 saturated carbocycles. The van der Waals surface area contributed by atoms with Gasteiger partial charge in [-0.05, 0) is 24.3 Å². The molecule has 104 valence electrons. The molecular weight excluding hydrogens is 304 g/mol. The lowest BCUT2D eigenvalue weighted by atomic mass is 10.3. The van der Waals surface area contributed by atoms with Crippen LogP contribution in [0.15, 0.2) is 30.5 Å². The van der Waals surface area contributed by atoms with E-state index in [9.17, 15) is 0 Å². The summed E-state index contributed by atoms with van der Waals surface area (Å²) in [5.41, 5.74) is 1.52. The molecular formula is C15H10N2O2S2. The first-order valence-corrected chi connectivity index (χ1v) is 8.10. The predicted molar refractivity (Wildman–Crippen MR) is 82.3 cm³/mol. The van der Waals surface area contributed by atoms with Gasteiger partial charge in [-0.25, -0.2) is 0 Å². The number of rotatable bonds is 2. The Balaban J connectivity index is 1.71. The molecule has 4 nitrogen and oxygen atoms in total. The molecule has 3 aromatic rings. The normalized spacial score (nSPS) is 15.6. The molecule has 1 fully saturated rings. The molecule has 0 N–H and O–H groups in total. The van der Waals surface area contributed by atoms with Crippen molar-refractivity contribution in [3.8, 4) is 15.8 Å². The number of aromatic nitrogens is 1. The van der Waals surface area contributed by atoms with Gasteiger partial charge in [0.25, 0.3) is 0 Å². The Morgan fingerprint density at radius 3 is 2.81 bits per heavy atom. The van der Waals surface area contributed by atoms with Gasteiger partial charge in [-0.2, -0.15) is 5.26 Å². The average Bonchev–Trinajstić information content (AvgIpc) is 3.23. The van der Waals surface area contributed by atoms with Crippen LogP contribution < -0.4 is 0 Å². The summed E-state index contributed by atoms with van der Waals surface area (Å²) < 4.78 is 12.1. The topological polar surface area (TPSA) is 55.1 Å². The third kappa shape index (κ3) is 2.34. The molecule has 21 heavy (non-hydrogen) atoms. The zero-order chi connectivity index (χ0) is 14.2. The molecule has 1 aliphatic heterocycles. The van der Waals surface area contributed by atoms with Gasteiger partial charge in [-0.1, -0.05) is 0 Å². The first kappa shape index (κ1) is 12.9. The quantitative estimate of drug-likeness (QED) is 0.719. The number of nitriles is 1. The van der Waals surface area contributed by atoms with Gasteiger partial charge in [-0.15, -0.1) is 22.7 Å². The minimum Gasteiger partial charge on any atom is -0.345 e. The van der Waals surface area contributed by atoms with Gasteiger partial charge in [0.1, 0.15) is 6.07 Å². The van der Waals surface area contributed by atoms with Crippen LogP contribution in [0.25, 0.3) is 20.0 Å². The average molecular weight is 314 g/mol. The van der Waals surface area contributed by atoms with E-state index >= 15 is 0 Å². The van der Waals surface area contributed by atoms with Crippen LogP contribution in [0.3, 0.4) is 0 Å². The van der Waals surface area contributed by atoms with E-state index in [-0.39, 0.29) is 6.29 Å². The summed E-state index contributed by atoms with van der Waals surface area (Å²) in [6.45, 7) is 1.31. The molecule has 1 saturated heterocycles. The number of hydrogen-bond donors (Lipinski definition) is 0. The lowest BCUT2D eigenvalue weighted by Crippen LogP contribution is -1.93. The predicted octanol–water partition coefficient (Wildman–Crippen LogP) is 3.94. The lowest BCUT2D eigenvalue weighted by Gasteiger charge is -2.04. The summed E-state index contributed by atoms with van der Waals surface area (Å²) >= 11 is 3.33. The summed E-state index contributed by atoms with van der Waals surface area (Å²) in [5, 5.41) is 8.93. The zero-order valence-electron chi connectivity index (χ0n) is 10.9. The van der Waals surface area contributed by atoms with Crippen molar-refractivity contribution in [3.05, 3.63) is 40.9 Å². The fraction of sp³-hybridized carbons (Fsp3) is 0.200. The molecule has 4 rings (SSSR count). The fourth-order valence-electron chi connectivity index (χ4n) is 2.23. The number of ether oxygens (including phenoxy) is 2. The highest BCUT2D eigenvalue weighted by Crippen LogP contribution is 2.39. The second kappa shape index (κ2) is 5.20. The Morgan fingerprint density at radius 1 is 1.14 bits per heavy atom. The Kier molecular flexibility index (Phi) is 3.20. The van der Waals surface area contributed by atoms with Crippen molar-refractivity contribution in [2.24, 2.45) is 0 Å². The number of nitrogens with zero attached hydrogens (tertiary/aromatic N) is 2. The first-order valence-electron chi connectivity index (χ1n) is 6.46. The largest absolute Gasteiger partial charge is 0.345 e. The van der Waals surface area contributed by atoms with E-state index in [4.69, 9.17) is 14.7 Å². The van der Waals surface area contributed by atoms with Gasteiger partial charge in [0.15, 0.2) is 6.29 Å². The number of hydrogen-bond acceptors (Lipinski definition) is 6. The van der Waals surface area contributed by atoms with Gasteiger partial charge in [0.05, 0.1) is 33.9 Å². The van der Waals surface area contributed by atoms with Crippen LogP contribution in [0.1, 0.15) is 16.7 Å². The van der Waals surface area contributed by atoms with Crippen LogP contribution in [0, 0.1) is 11.3 Å². The van der Waals surface area contributed by atoms with Crippen LogP contribution in [0.5, 0.6) is 0 Å². The summed E-state index contributed by atoms with van der Waals surface area (Å²) in [7, 11) is 0. The first-order chi connectivity index (χ1) is 10.3. The van der Waals surface area contributed by atoms with Gasteiger partial charge < -0.3 is 9.47 Å². The van der Waals surface area contributed by atoms with Crippen molar-refractivity contribution in [2.75, 3.05) is 13.2 Å². The maximum absolute atomic E-state index is 8.93. The van der Waals surface area contributed by atoms with Gasteiger partial charge in [-0.3, -0.25) is 4.98 Å². The van der Waals surface area contributed by atoms with Crippen molar-refractivity contribution in [1.29, 1.82) is 5.26 Å². The van der Waals surface area contributed by atoms with Crippen molar-refractivity contribution in [1.82, 2.24) is 4.98 Å². The van der Waals surface area contributed by atoms with Crippen molar-refractivity contribution < 1.29 is 9.47 Å². The molecule has 0 aromatic carbocycles. The van der Waals surface area contributed by atoms with Crippen molar-refractivity contribution in [2.45, 2.75) is 6.29 Å². The van der Waals surface area contributed by atoms with E-state index in [1.807, 2.05) is 6.07 Å². The van der Waals surface area contributed by atoms with E-state index < -0.39 is 0 Å². The Morgan fingerprint density at radius 2 is 2.00 bits per heavy atom. The third-order valence-corrected chi connectivity index (χ3v) is 5.60. The Bertz CT molecular complexity index is 841. The van der Waals surface area contributed by atoms with Gasteiger partial charge in [0.2, 0.25) is 0 Å². The number of pyridine rings is 1. The molecule has 1 aliphatic rings. The maximum Gasteiger partial charge on any atom is 0.193 e. The molecule has 4 heterocycles. The van der Waals surface area contributed by atoms with Crippen LogP contribution in [-0.4, -0.2) is 18.2 Å². The molecule has 6 heteroatoms. The van der Waals surface area contributed by atoms with Crippen LogP contribution in [0.4, 0.5) is 0 Å². The van der Waals surface area contributed by atoms with E-state index in [0.717, 1.165) is 20.0 Å². The zero-order valence-corrected chi connectivity index (χ0v) is 12.5. The summed E-state index contributed by atoms with van der Waals surface area (Å²) in [4.78, 5) is 7.74. The van der Waals surface area contributed by atoms with E-state index in [1.54, 1.807) is 28.9 Å². The highest BCUT2D eigenvalue weighted by molar-refractivity contribution is 7.26. The lowest BCUT2D eigenvalue weighted by molar-refractivity contribution is -0.0413.